The summed E-state index contributed by atoms with van der Waals surface area (Å²) in [6.45, 7) is 2.74. The zero-order valence-electron chi connectivity index (χ0n) is 9.86. The van der Waals surface area contributed by atoms with E-state index in [-0.39, 0.29) is 6.79 Å². The monoisotopic (exact) mass is 300 g/mol. The second-order valence-corrected chi connectivity index (χ2v) is 5.35. The molecular weight excluding hydrogens is 284 g/mol. The van der Waals surface area contributed by atoms with E-state index in [1.54, 1.807) is 6.92 Å². The van der Waals surface area contributed by atoms with Gasteiger partial charge in [-0.15, -0.1) is 0 Å². The van der Waals surface area contributed by atoms with E-state index in [9.17, 15) is 5.11 Å². The summed E-state index contributed by atoms with van der Waals surface area (Å²) in [5.74, 6) is 1.41. The molecule has 0 unspecified atom stereocenters. The highest BCUT2D eigenvalue weighted by molar-refractivity contribution is 9.10. The third-order valence-corrected chi connectivity index (χ3v) is 3.27. The highest BCUT2D eigenvalue weighted by Crippen LogP contribution is 2.30. The predicted molar refractivity (Wildman–Crippen MR) is 68.9 cm³/mol. The molecule has 0 aromatic heterocycles. The van der Waals surface area contributed by atoms with E-state index in [1.165, 1.54) is 12.8 Å². The SMILES string of the molecule is C[C@H](O)c1ccc(Br)cc1OCOCC1CC1. The van der Waals surface area contributed by atoms with Crippen LogP contribution >= 0.6 is 15.9 Å². The van der Waals surface area contributed by atoms with Crippen LogP contribution in [0.2, 0.25) is 0 Å². The first kappa shape index (κ1) is 12.9. The van der Waals surface area contributed by atoms with Crippen LogP contribution in [0.25, 0.3) is 0 Å². The molecule has 1 saturated carbocycles. The third kappa shape index (κ3) is 3.98. The Morgan fingerprint density at radius 1 is 1.47 bits per heavy atom. The first-order valence-electron chi connectivity index (χ1n) is 5.85. The number of benzene rings is 1. The van der Waals surface area contributed by atoms with Crippen molar-refractivity contribution in [3.05, 3.63) is 28.2 Å². The van der Waals surface area contributed by atoms with Crippen LogP contribution in [-0.4, -0.2) is 18.5 Å². The highest BCUT2D eigenvalue weighted by Gasteiger charge is 2.21. The molecule has 1 atom stereocenters. The van der Waals surface area contributed by atoms with Gasteiger partial charge in [0.15, 0.2) is 6.79 Å². The van der Waals surface area contributed by atoms with Crippen molar-refractivity contribution in [2.24, 2.45) is 5.92 Å². The van der Waals surface area contributed by atoms with Gasteiger partial charge in [0.1, 0.15) is 5.75 Å². The van der Waals surface area contributed by atoms with E-state index >= 15 is 0 Å². The summed E-state index contributed by atoms with van der Waals surface area (Å²) in [5, 5.41) is 9.61. The van der Waals surface area contributed by atoms with E-state index in [0.29, 0.717) is 5.75 Å². The minimum Gasteiger partial charge on any atom is -0.467 e. The van der Waals surface area contributed by atoms with Gasteiger partial charge in [0.25, 0.3) is 0 Å². The van der Waals surface area contributed by atoms with Crippen molar-refractivity contribution in [1.82, 2.24) is 0 Å². The average Bonchev–Trinajstić information content (AvgIpc) is 3.08. The summed E-state index contributed by atoms with van der Waals surface area (Å²) < 4.78 is 11.9. The Kier molecular flexibility index (Phi) is 4.42. The second kappa shape index (κ2) is 5.85. The van der Waals surface area contributed by atoms with Crippen molar-refractivity contribution >= 4 is 15.9 Å². The molecule has 0 aliphatic heterocycles. The second-order valence-electron chi connectivity index (χ2n) is 4.43. The third-order valence-electron chi connectivity index (χ3n) is 2.77. The van der Waals surface area contributed by atoms with Crippen molar-refractivity contribution in [3.8, 4) is 5.75 Å². The summed E-state index contributed by atoms with van der Waals surface area (Å²) in [7, 11) is 0. The Balaban J connectivity index is 1.89. The quantitative estimate of drug-likeness (QED) is 0.647. The van der Waals surface area contributed by atoms with Gasteiger partial charge < -0.3 is 14.6 Å². The van der Waals surface area contributed by atoms with E-state index < -0.39 is 6.10 Å². The fourth-order valence-corrected chi connectivity index (χ4v) is 1.92. The fourth-order valence-electron chi connectivity index (χ4n) is 1.58. The molecule has 0 heterocycles. The number of hydrogen-bond acceptors (Lipinski definition) is 3. The van der Waals surface area contributed by atoms with Gasteiger partial charge in [0.2, 0.25) is 0 Å². The molecule has 17 heavy (non-hydrogen) atoms. The molecule has 3 nitrogen and oxygen atoms in total. The lowest BCUT2D eigenvalue weighted by atomic mass is 10.1. The van der Waals surface area contributed by atoms with Crippen molar-refractivity contribution in [2.45, 2.75) is 25.9 Å². The lowest BCUT2D eigenvalue weighted by Gasteiger charge is -2.13. The van der Waals surface area contributed by atoms with Crippen LogP contribution in [0.4, 0.5) is 0 Å². The van der Waals surface area contributed by atoms with Crippen LogP contribution in [0.1, 0.15) is 31.4 Å². The van der Waals surface area contributed by atoms with Gasteiger partial charge in [-0.1, -0.05) is 22.0 Å². The van der Waals surface area contributed by atoms with Crippen molar-refractivity contribution in [2.75, 3.05) is 13.4 Å². The molecule has 2 rings (SSSR count). The van der Waals surface area contributed by atoms with Crippen LogP contribution in [0.3, 0.4) is 0 Å². The Bertz CT molecular complexity index is 375. The number of aliphatic hydroxyl groups is 1. The van der Waals surface area contributed by atoms with Crippen molar-refractivity contribution in [3.63, 3.8) is 0 Å². The van der Waals surface area contributed by atoms with E-state index in [0.717, 1.165) is 22.6 Å². The number of rotatable bonds is 6. The number of halogens is 1. The lowest BCUT2D eigenvalue weighted by Crippen LogP contribution is -2.07. The summed E-state index contributed by atoms with van der Waals surface area (Å²) in [5.41, 5.74) is 0.781. The molecule has 0 spiro atoms. The summed E-state index contributed by atoms with van der Waals surface area (Å²) in [4.78, 5) is 0. The van der Waals surface area contributed by atoms with Gasteiger partial charge in [0, 0.05) is 10.0 Å². The molecule has 1 N–H and O–H groups in total. The maximum atomic E-state index is 9.61. The Labute approximate surface area is 110 Å². The first-order valence-corrected chi connectivity index (χ1v) is 6.64. The molecule has 0 amide bonds. The van der Waals surface area contributed by atoms with Gasteiger partial charge in [0.05, 0.1) is 12.7 Å². The number of hydrogen-bond donors (Lipinski definition) is 1. The lowest BCUT2D eigenvalue weighted by molar-refractivity contribution is 0.00828. The smallest absolute Gasteiger partial charge is 0.189 e. The molecule has 0 bridgehead atoms. The standard InChI is InChI=1S/C13H17BrO3/c1-9(15)12-5-4-11(14)6-13(12)17-8-16-7-10-2-3-10/h4-6,9-10,15H,2-3,7-8H2,1H3/t9-/m0/s1. The first-order chi connectivity index (χ1) is 8.16. The Morgan fingerprint density at radius 3 is 2.88 bits per heavy atom. The van der Waals surface area contributed by atoms with Crippen LogP contribution in [0.15, 0.2) is 22.7 Å². The molecule has 0 radical (unpaired) electrons. The van der Waals surface area contributed by atoms with Crippen LogP contribution in [0.5, 0.6) is 5.75 Å². The molecule has 94 valence electrons. The molecule has 1 aliphatic rings. The minimum atomic E-state index is -0.540. The number of aliphatic hydroxyl groups excluding tert-OH is 1. The Hall–Kier alpha value is -0.580. The topological polar surface area (TPSA) is 38.7 Å². The zero-order chi connectivity index (χ0) is 12.3. The predicted octanol–water partition coefficient (Wildman–Crippen LogP) is 3.27. The summed E-state index contributed by atoms with van der Waals surface area (Å²) in [6, 6.07) is 5.59. The van der Waals surface area contributed by atoms with Gasteiger partial charge in [-0.05, 0) is 37.8 Å². The van der Waals surface area contributed by atoms with Gasteiger partial charge in [-0.2, -0.15) is 0 Å². The molecule has 1 aromatic rings. The van der Waals surface area contributed by atoms with Crippen LogP contribution < -0.4 is 4.74 Å². The van der Waals surface area contributed by atoms with E-state index in [1.807, 2.05) is 18.2 Å². The number of ether oxygens (including phenoxy) is 2. The van der Waals surface area contributed by atoms with Crippen LogP contribution in [0, 0.1) is 5.92 Å². The molecular formula is C13H17BrO3. The molecule has 1 fully saturated rings. The van der Waals surface area contributed by atoms with Gasteiger partial charge in [-0.3, -0.25) is 0 Å². The minimum absolute atomic E-state index is 0.243. The normalized spacial score (nSPS) is 16.9. The van der Waals surface area contributed by atoms with E-state index in [2.05, 4.69) is 15.9 Å². The van der Waals surface area contributed by atoms with E-state index in [4.69, 9.17) is 9.47 Å². The average molecular weight is 301 g/mol. The maximum absolute atomic E-state index is 9.61. The van der Waals surface area contributed by atoms with Crippen molar-refractivity contribution < 1.29 is 14.6 Å². The highest BCUT2D eigenvalue weighted by atomic mass is 79.9. The summed E-state index contributed by atoms with van der Waals surface area (Å²) >= 11 is 3.39. The van der Waals surface area contributed by atoms with Gasteiger partial charge in [-0.25, -0.2) is 0 Å². The van der Waals surface area contributed by atoms with Crippen molar-refractivity contribution in [1.29, 1.82) is 0 Å². The summed E-state index contributed by atoms with van der Waals surface area (Å²) in [6.07, 6.45) is 2.01. The largest absolute Gasteiger partial charge is 0.467 e. The molecule has 4 heteroatoms. The molecule has 1 aliphatic carbocycles. The van der Waals surface area contributed by atoms with Gasteiger partial charge >= 0.3 is 0 Å². The zero-order valence-corrected chi connectivity index (χ0v) is 11.4. The Morgan fingerprint density at radius 2 is 2.24 bits per heavy atom. The molecule has 1 aromatic carbocycles. The maximum Gasteiger partial charge on any atom is 0.189 e. The van der Waals surface area contributed by atoms with Crippen LogP contribution in [-0.2, 0) is 4.74 Å². The fraction of sp³-hybridized carbons (Fsp3) is 0.538. The molecule has 0 saturated heterocycles.